The lowest BCUT2D eigenvalue weighted by Crippen LogP contribution is -2.22. The number of ether oxygens (including phenoxy) is 1. The van der Waals surface area contributed by atoms with Gasteiger partial charge in [-0.3, -0.25) is 0 Å². The highest BCUT2D eigenvalue weighted by atomic mass is 16.5. The molecule has 3 nitrogen and oxygen atoms in total. The molecular weight excluding hydrogens is 264 g/mol. The summed E-state index contributed by atoms with van der Waals surface area (Å²) >= 11 is 0. The highest BCUT2D eigenvalue weighted by molar-refractivity contribution is 5.87. The van der Waals surface area contributed by atoms with Gasteiger partial charge in [0.1, 0.15) is 0 Å². The van der Waals surface area contributed by atoms with Crippen molar-refractivity contribution in [2.24, 2.45) is 0 Å². The number of aryl methyl sites for hydroxylation is 1. The molecule has 1 aromatic rings. The predicted octanol–water partition coefficient (Wildman–Crippen LogP) is 3.66. The predicted molar refractivity (Wildman–Crippen MR) is 86.1 cm³/mol. The summed E-state index contributed by atoms with van der Waals surface area (Å²) in [7, 11) is 0. The second kappa shape index (κ2) is 7.99. The highest BCUT2D eigenvalue weighted by Crippen LogP contribution is 2.19. The molecule has 0 fully saturated rings. The Morgan fingerprint density at radius 1 is 1.38 bits per heavy atom. The maximum atomic E-state index is 11.6. The Morgan fingerprint density at radius 3 is 2.71 bits per heavy atom. The van der Waals surface area contributed by atoms with Gasteiger partial charge in [0, 0.05) is 12.5 Å². The lowest BCUT2D eigenvalue weighted by Gasteiger charge is -2.18. The summed E-state index contributed by atoms with van der Waals surface area (Å²) < 4.78 is 5.10. The van der Waals surface area contributed by atoms with Crippen molar-refractivity contribution in [3.05, 3.63) is 41.0 Å². The normalized spacial score (nSPS) is 11.9. The number of hydrogen-bond donors (Lipinski definition) is 1. The van der Waals surface area contributed by atoms with Crippen LogP contribution < -0.4 is 0 Å². The molecule has 0 bridgehead atoms. The summed E-state index contributed by atoms with van der Waals surface area (Å²) in [6.45, 7) is 8.08. The maximum absolute atomic E-state index is 11.6. The van der Waals surface area contributed by atoms with Crippen molar-refractivity contribution in [3.63, 3.8) is 0 Å². The van der Waals surface area contributed by atoms with Crippen LogP contribution >= 0.6 is 0 Å². The van der Waals surface area contributed by atoms with Crippen molar-refractivity contribution in [2.45, 2.75) is 52.6 Å². The molecule has 0 radical (unpaired) electrons. The number of benzene rings is 1. The Hall–Kier alpha value is -1.61. The number of unbranched alkanes of at least 4 members (excludes halogenated alkanes) is 1. The van der Waals surface area contributed by atoms with E-state index in [9.17, 15) is 9.90 Å². The second-order valence-corrected chi connectivity index (χ2v) is 6.05. The number of carbonyl (C=O) groups is 1. The average molecular weight is 290 g/mol. The van der Waals surface area contributed by atoms with E-state index in [0.29, 0.717) is 13.0 Å². The summed E-state index contributed by atoms with van der Waals surface area (Å²) in [5, 5.41) is 9.97. The molecule has 0 spiro atoms. The molecule has 1 N–H and O–H groups in total. The van der Waals surface area contributed by atoms with E-state index >= 15 is 0 Å². The fraction of sp³-hybridized carbons (Fsp3) is 0.500. The molecule has 3 heteroatoms. The quantitative estimate of drug-likeness (QED) is 0.473. The first-order valence-corrected chi connectivity index (χ1v) is 7.48. The van der Waals surface area contributed by atoms with E-state index in [1.54, 1.807) is 19.9 Å². The third-order valence-corrected chi connectivity index (χ3v) is 3.07. The van der Waals surface area contributed by atoms with E-state index in [-0.39, 0.29) is 5.97 Å². The Kier molecular flexibility index (Phi) is 6.63. The maximum Gasteiger partial charge on any atom is 0.330 e. The molecular formula is C18H26O3. The summed E-state index contributed by atoms with van der Waals surface area (Å²) in [6.07, 6.45) is 5.65. The van der Waals surface area contributed by atoms with Gasteiger partial charge in [-0.2, -0.15) is 0 Å². The Bertz CT molecular complexity index is 496. The van der Waals surface area contributed by atoms with Gasteiger partial charge in [-0.15, -0.1) is 0 Å². The molecule has 1 rings (SSSR count). The molecule has 0 aliphatic heterocycles. The minimum absolute atomic E-state index is 0.320. The van der Waals surface area contributed by atoms with Gasteiger partial charge in [-0.05, 0) is 44.4 Å². The van der Waals surface area contributed by atoms with Crippen LogP contribution in [0.15, 0.2) is 24.3 Å². The number of esters is 1. The summed E-state index contributed by atoms with van der Waals surface area (Å²) in [5.74, 6) is -0.320. The topological polar surface area (TPSA) is 46.5 Å². The number of rotatable bonds is 7. The van der Waals surface area contributed by atoms with E-state index in [2.05, 4.69) is 6.92 Å². The Balaban J connectivity index is 2.81. The van der Waals surface area contributed by atoms with Gasteiger partial charge in [0.2, 0.25) is 0 Å². The van der Waals surface area contributed by atoms with E-state index in [1.807, 2.05) is 25.1 Å². The molecule has 0 aliphatic rings. The molecule has 0 atom stereocenters. The lowest BCUT2D eigenvalue weighted by molar-refractivity contribution is -0.137. The van der Waals surface area contributed by atoms with Crippen molar-refractivity contribution < 1.29 is 14.6 Å². The largest absolute Gasteiger partial charge is 0.463 e. The van der Waals surface area contributed by atoms with E-state index in [0.717, 1.165) is 29.5 Å². The van der Waals surface area contributed by atoms with Gasteiger partial charge in [-0.25, -0.2) is 4.79 Å². The first kappa shape index (κ1) is 17.4. The first-order valence-electron chi connectivity index (χ1n) is 7.48. The van der Waals surface area contributed by atoms with Crippen molar-refractivity contribution in [3.8, 4) is 0 Å². The van der Waals surface area contributed by atoms with Crippen molar-refractivity contribution in [2.75, 3.05) is 6.61 Å². The van der Waals surface area contributed by atoms with Gasteiger partial charge in [0.25, 0.3) is 0 Å². The Labute approximate surface area is 127 Å². The van der Waals surface area contributed by atoms with Crippen LogP contribution in [-0.4, -0.2) is 23.3 Å². The van der Waals surface area contributed by atoms with Crippen LogP contribution in [0.4, 0.5) is 0 Å². The first-order chi connectivity index (χ1) is 9.81. The second-order valence-electron chi connectivity index (χ2n) is 6.05. The minimum Gasteiger partial charge on any atom is -0.463 e. The fourth-order valence-electron chi connectivity index (χ4n) is 2.02. The molecule has 1 aromatic carbocycles. The summed E-state index contributed by atoms with van der Waals surface area (Å²) in [6, 6.07) is 6.02. The van der Waals surface area contributed by atoms with Crippen molar-refractivity contribution >= 4 is 12.0 Å². The molecule has 0 aliphatic carbocycles. The fourth-order valence-corrected chi connectivity index (χ4v) is 2.02. The van der Waals surface area contributed by atoms with Crippen LogP contribution in [-0.2, 0) is 16.0 Å². The number of carbonyl (C=O) groups excluding carboxylic acids is 1. The molecule has 0 unspecified atom stereocenters. The van der Waals surface area contributed by atoms with Gasteiger partial charge in [0.15, 0.2) is 0 Å². The SMILES string of the molecule is CCCCOC(=O)/C=C/c1cc(C)ccc1CC(C)(C)O. The zero-order valence-electron chi connectivity index (χ0n) is 13.5. The zero-order valence-corrected chi connectivity index (χ0v) is 13.5. The molecule has 0 heterocycles. The molecule has 21 heavy (non-hydrogen) atoms. The number of hydrogen-bond acceptors (Lipinski definition) is 3. The van der Waals surface area contributed by atoms with Gasteiger partial charge in [0.05, 0.1) is 12.2 Å². The lowest BCUT2D eigenvalue weighted by atomic mass is 9.93. The van der Waals surface area contributed by atoms with E-state index < -0.39 is 5.60 Å². The number of aliphatic hydroxyl groups is 1. The van der Waals surface area contributed by atoms with E-state index in [1.165, 1.54) is 6.08 Å². The molecule has 116 valence electrons. The van der Waals surface area contributed by atoms with Crippen molar-refractivity contribution in [1.29, 1.82) is 0 Å². The van der Waals surface area contributed by atoms with Crippen LogP contribution in [0.1, 0.15) is 50.3 Å². The van der Waals surface area contributed by atoms with Crippen molar-refractivity contribution in [1.82, 2.24) is 0 Å². The molecule has 0 saturated carbocycles. The van der Waals surface area contributed by atoms with Gasteiger partial charge >= 0.3 is 5.97 Å². The molecule has 0 amide bonds. The van der Waals surface area contributed by atoms with Crippen LogP contribution in [0.5, 0.6) is 0 Å². The minimum atomic E-state index is -0.778. The third kappa shape index (κ3) is 7.09. The van der Waals surface area contributed by atoms with E-state index in [4.69, 9.17) is 4.74 Å². The molecule has 0 saturated heterocycles. The Morgan fingerprint density at radius 2 is 2.10 bits per heavy atom. The zero-order chi connectivity index (χ0) is 15.9. The average Bonchev–Trinajstić information content (AvgIpc) is 2.38. The van der Waals surface area contributed by atoms with Gasteiger partial charge in [-0.1, -0.05) is 37.1 Å². The summed E-state index contributed by atoms with van der Waals surface area (Å²) in [4.78, 5) is 11.6. The highest BCUT2D eigenvalue weighted by Gasteiger charge is 2.15. The standard InChI is InChI=1S/C18H26O3/c1-5-6-11-21-17(19)10-9-15-12-14(2)7-8-16(15)13-18(3,4)20/h7-10,12,20H,5-6,11,13H2,1-4H3/b10-9+. The smallest absolute Gasteiger partial charge is 0.330 e. The van der Waals surface area contributed by atoms with Crippen LogP contribution in [0.3, 0.4) is 0 Å². The molecule has 0 aromatic heterocycles. The van der Waals surface area contributed by atoms with Crippen LogP contribution in [0.25, 0.3) is 6.08 Å². The van der Waals surface area contributed by atoms with Gasteiger partial charge < -0.3 is 9.84 Å². The monoisotopic (exact) mass is 290 g/mol. The van der Waals surface area contributed by atoms with Crippen LogP contribution in [0.2, 0.25) is 0 Å². The third-order valence-electron chi connectivity index (χ3n) is 3.07. The summed E-state index contributed by atoms with van der Waals surface area (Å²) in [5.41, 5.74) is 2.31. The van der Waals surface area contributed by atoms with Crippen LogP contribution in [0, 0.1) is 6.92 Å².